The standard InChI is InChI=1S/C4H10O.C2H5.ClH.Mg/c1-3-5-4-2;1-2;;/h3-4H2,1-2H3;1H2,2H3;1H;/q;-1;;+2/p-1. The Labute approximate surface area is 81.1 Å². The van der Waals surface area contributed by atoms with E-state index in [1.807, 2.05) is 13.8 Å². The fraction of sp³-hybridized carbons (Fsp3) is 0.833. The van der Waals surface area contributed by atoms with Gasteiger partial charge in [0.2, 0.25) is 0 Å². The Morgan fingerprint density at radius 2 is 1.33 bits per heavy atom. The van der Waals surface area contributed by atoms with Gasteiger partial charge in [0.25, 0.3) is 0 Å². The van der Waals surface area contributed by atoms with E-state index in [1.165, 1.54) is 0 Å². The molecule has 0 aliphatic heterocycles. The normalized spacial score (nSPS) is 5.33. The van der Waals surface area contributed by atoms with Crippen LogP contribution in [0.3, 0.4) is 0 Å². The van der Waals surface area contributed by atoms with Crippen LogP contribution in [0.4, 0.5) is 0 Å². The van der Waals surface area contributed by atoms with Gasteiger partial charge >= 0.3 is 23.1 Å². The van der Waals surface area contributed by atoms with Gasteiger partial charge in [-0.15, -0.1) is 0 Å². The maximum atomic E-state index is 4.83. The molecule has 9 heavy (non-hydrogen) atoms. The largest absolute Gasteiger partial charge is 2.00 e. The minimum Gasteiger partial charge on any atom is -1.00 e. The molecular weight excluding hydrogens is 148 g/mol. The van der Waals surface area contributed by atoms with E-state index in [2.05, 4.69) is 6.92 Å². The van der Waals surface area contributed by atoms with Crippen LogP contribution in [0.1, 0.15) is 20.8 Å². The van der Waals surface area contributed by atoms with Crippen molar-refractivity contribution in [3.05, 3.63) is 6.92 Å². The van der Waals surface area contributed by atoms with Crippen LogP contribution in [0.2, 0.25) is 0 Å². The summed E-state index contributed by atoms with van der Waals surface area (Å²) in [7, 11) is 0. The minimum absolute atomic E-state index is 0. The van der Waals surface area contributed by atoms with E-state index < -0.39 is 0 Å². The van der Waals surface area contributed by atoms with E-state index in [9.17, 15) is 0 Å². The first-order valence-corrected chi connectivity index (χ1v) is 2.70. The molecule has 0 aromatic rings. The average molecular weight is 163 g/mol. The molecular formula is C6H15ClMgO. The van der Waals surface area contributed by atoms with Crippen LogP contribution in [0.15, 0.2) is 0 Å². The third-order valence-corrected chi connectivity index (χ3v) is 0.408. The summed E-state index contributed by atoms with van der Waals surface area (Å²) in [6.07, 6.45) is 0. The topological polar surface area (TPSA) is 9.23 Å². The fourth-order valence-corrected chi connectivity index (χ4v) is 0.204. The summed E-state index contributed by atoms with van der Waals surface area (Å²) in [5.74, 6) is 0. The van der Waals surface area contributed by atoms with Gasteiger partial charge in [0.1, 0.15) is 0 Å². The quantitative estimate of drug-likeness (QED) is 0.355. The number of rotatable bonds is 2. The Balaban J connectivity index is -0.0000000286. The molecule has 3 heteroatoms. The first-order chi connectivity index (χ1) is 3.41. The molecule has 0 radical (unpaired) electrons. The maximum absolute atomic E-state index is 4.83. The van der Waals surface area contributed by atoms with Crippen LogP contribution in [-0.2, 0) is 4.74 Å². The molecule has 0 atom stereocenters. The Bertz CT molecular complexity index is 20.5. The molecule has 0 heterocycles. The summed E-state index contributed by atoms with van der Waals surface area (Å²) < 4.78 is 4.83. The maximum Gasteiger partial charge on any atom is 2.00 e. The molecule has 0 aromatic heterocycles. The van der Waals surface area contributed by atoms with Gasteiger partial charge in [-0.2, -0.15) is 6.92 Å². The third-order valence-electron chi connectivity index (χ3n) is 0.408. The smallest absolute Gasteiger partial charge is 1.00 e. The molecule has 0 unspecified atom stereocenters. The van der Waals surface area contributed by atoms with Gasteiger partial charge in [0.05, 0.1) is 0 Å². The summed E-state index contributed by atoms with van der Waals surface area (Å²) in [4.78, 5) is 0. The molecule has 0 bridgehead atoms. The second kappa shape index (κ2) is 35.9. The van der Waals surface area contributed by atoms with Gasteiger partial charge < -0.3 is 24.1 Å². The summed E-state index contributed by atoms with van der Waals surface area (Å²) >= 11 is 0. The van der Waals surface area contributed by atoms with Crippen molar-refractivity contribution in [2.24, 2.45) is 0 Å². The molecule has 0 N–H and O–H groups in total. The molecule has 0 saturated carbocycles. The van der Waals surface area contributed by atoms with Gasteiger partial charge in [0, 0.05) is 13.2 Å². The molecule has 0 saturated heterocycles. The predicted molar refractivity (Wildman–Crippen MR) is 39.0 cm³/mol. The van der Waals surface area contributed by atoms with E-state index in [1.54, 1.807) is 6.92 Å². The van der Waals surface area contributed by atoms with E-state index >= 15 is 0 Å². The van der Waals surface area contributed by atoms with E-state index in [4.69, 9.17) is 4.74 Å². The summed E-state index contributed by atoms with van der Waals surface area (Å²) in [6, 6.07) is 0. The number of hydrogen-bond acceptors (Lipinski definition) is 1. The Hall–Kier alpha value is 1.02. The van der Waals surface area contributed by atoms with Crippen molar-refractivity contribution in [3.63, 3.8) is 0 Å². The average Bonchev–Trinajstić information content (AvgIpc) is 1.75. The first kappa shape index (κ1) is 22.5. The summed E-state index contributed by atoms with van der Waals surface area (Å²) in [5, 5.41) is 0. The molecule has 0 aromatic carbocycles. The SMILES string of the molecule is CCOCC.[CH2-]C.[Cl-].[Mg+2]. The van der Waals surface area contributed by atoms with Crippen LogP contribution in [0.25, 0.3) is 0 Å². The molecule has 54 valence electrons. The van der Waals surface area contributed by atoms with Crippen molar-refractivity contribution in [2.45, 2.75) is 20.8 Å². The van der Waals surface area contributed by atoms with Crippen molar-refractivity contribution in [2.75, 3.05) is 13.2 Å². The number of ether oxygens (including phenoxy) is 1. The molecule has 0 rings (SSSR count). The van der Waals surface area contributed by atoms with Crippen LogP contribution in [0.5, 0.6) is 0 Å². The molecule has 1 nitrogen and oxygen atoms in total. The fourth-order valence-electron chi connectivity index (χ4n) is 0.204. The van der Waals surface area contributed by atoms with Gasteiger partial charge in [-0.3, -0.25) is 0 Å². The van der Waals surface area contributed by atoms with E-state index in [0.717, 1.165) is 13.2 Å². The van der Waals surface area contributed by atoms with Gasteiger partial charge in [-0.1, -0.05) is 0 Å². The van der Waals surface area contributed by atoms with Crippen molar-refractivity contribution in [3.8, 4) is 0 Å². The van der Waals surface area contributed by atoms with Gasteiger partial charge in [-0.05, 0) is 13.8 Å². The monoisotopic (exact) mass is 162 g/mol. The Morgan fingerprint density at radius 1 is 1.11 bits per heavy atom. The van der Waals surface area contributed by atoms with E-state index in [0.29, 0.717) is 0 Å². The van der Waals surface area contributed by atoms with Crippen LogP contribution in [-0.4, -0.2) is 36.3 Å². The molecule has 0 aliphatic carbocycles. The minimum atomic E-state index is 0. The molecule has 0 spiro atoms. The third kappa shape index (κ3) is 48.8. The van der Waals surface area contributed by atoms with Gasteiger partial charge in [0.15, 0.2) is 0 Å². The van der Waals surface area contributed by atoms with Crippen LogP contribution in [0, 0.1) is 6.92 Å². The van der Waals surface area contributed by atoms with Gasteiger partial charge in [-0.25, -0.2) is 0 Å². The number of halogens is 1. The second-order valence-corrected chi connectivity index (χ2v) is 0.781. The van der Waals surface area contributed by atoms with Crippen LogP contribution >= 0.6 is 0 Å². The zero-order chi connectivity index (χ0) is 6.12. The zero-order valence-electron chi connectivity index (χ0n) is 6.61. The number of hydrogen-bond donors (Lipinski definition) is 0. The summed E-state index contributed by atoms with van der Waals surface area (Å²) in [6.45, 7) is 10.7. The van der Waals surface area contributed by atoms with E-state index in [-0.39, 0.29) is 35.5 Å². The Morgan fingerprint density at radius 3 is 1.33 bits per heavy atom. The second-order valence-electron chi connectivity index (χ2n) is 0.781. The predicted octanol–water partition coefficient (Wildman–Crippen LogP) is -1.49. The molecule has 0 amide bonds. The van der Waals surface area contributed by atoms with Crippen molar-refractivity contribution >= 4 is 23.1 Å². The first-order valence-electron chi connectivity index (χ1n) is 2.70. The summed E-state index contributed by atoms with van der Waals surface area (Å²) in [5.41, 5.74) is 0. The van der Waals surface area contributed by atoms with Crippen molar-refractivity contribution < 1.29 is 17.1 Å². The zero-order valence-corrected chi connectivity index (χ0v) is 8.78. The van der Waals surface area contributed by atoms with Crippen molar-refractivity contribution in [1.82, 2.24) is 0 Å². The van der Waals surface area contributed by atoms with Crippen molar-refractivity contribution in [1.29, 1.82) is 0 Å². The Kier molecular flexibility index (Phi) is 89.8. The molecule has 0 aliphatic rings. The molecule has 0 fully saturated rings. The van der Waals surface area contributed by atoms with Crippen LogP contribution < -0.4 is 12.4 Å².